The zero-order chi connectivity index (χ0) is 19.6. The molecule has 0 atom stereocenters. The Morgan fingerprint density at radius 1 is 1.15 bits per heavy atom. The lowest BCUT2D eigenvalue weighted by atomic mass is 10.0. The van der Waals surface area contributed by atoms with E-state index in [1.54, 1.807) is 12.1 Å². The molecular weight excluding hydrogens is 362 g/mol. The van der Waals surface area contributed by atoms with E-state index in [2.05, 4.69) is 29.4 Å². The van der Waals surface area contributed by atoms with E-state index in [1.807, 2.05) is 19.9 Å². The van der Waals surface area contributed by atoms with E-state index in [0.717, 1.165) is 27.1 Å². The Morgan fingerprint density at radius 2 is 1.93 bits per heavy atom. The second kappa shape index (κ2) is 7.75. The standard InChI is InChI=1S/C20H19N3O3S/c1-12-7-14(3)20-17(8-12)13(2)9-19(22-20)27-11-18(24)21-15-5-4-6-16(10-15)23(25)26/h4-10H,11H2,1-3H3,(H,21,24). The highest BCUT2D eigenvalue weighted by molar-refractivity contribution is 7.99. The number of anilines is 1. The number of nitro groups is 1. The van der Waals surface area contributed by atoms with Gasteiger partial charge in [0.15, 0.2) is 0 Å². The minimum absolute atomic E-state index is 0.0574. The summed E-state index contributed by atoms with van der Waals surface area (Å²) in [6.45, 7) is 6.13. The molecule has 3 rings (SSSR count). The van der Waals surface area contributed by atoms with Gasteiger partial charge in [-0.3, -0.25) is 14.9 Å². The van der Waals surface area contributed by atoms with Crippen LogP contribution in [0.1, 0.15) is 16.7 Å². The number of non-ortho nitro benzene ring substituents is 1. The van der Waals surface area contributed by atoms with Gasteiger partial charge < -0.3 is 5.32 Å². The predicted molar refractivity (Wildman–Crippen MR) is 108 cm³/mol. The molecule has 1 heterocycles. The van der Waals surface area contributed by atoms with E-state index in [0.29, 0.717) is 5.69 Å². The fourth-order valence-corrected chi connectivity index (χ4v) is 3.69. The summed E-state index contributed by atoms with van der Waals surface area (Å²) in [4.78, 5) is 27.2. The number of rotatable bonds is 5. The summed E-state index contributed by atoms with van der Waals surface area (Å²) < 4.78 is 0. The predicted octanol–water partition coefficient (Wildman–Crippen LogP) is 4.80. The van der Waals surface area contributed by atoms with Gasteiger partial charge in [-0.2, -0.15) is 0 Å². The third kappa shape index (κ3) is 4.43. The maximum absolute atomic E-state index is 12.2. The molecule has 0 spiro atoms. The van der Waals surface area contributed by atoms with E-state index >= 15 is 0 Å². The van der Waals surface area contributed by atoms with Crippen molar-refractivity contribution in [1.29, 1.82) is 0 Å². The molecule has 0 bridgehead atoms. The first-order valence-electron chi connectivity index (χ1n) is 8.39. The number of thioether (sulfide) groups is 1. The molecule has 0 radical (unpaired) electrons. The third-order valence-electron chi connectivity index (χ3n) is 4.12. The van der Waals surface area contributed by atoms with Crippen molar-refractivity contribution in [1.82, 2.24) is 4.98 Å². The van der Waals surface area contributed by atoms with Gasteiger partial charge in [0.05, 0.1) is 21.2 Å². The van der Waals surface area contributed by atoms with Crippen molar-refractivity contribution in [2.24, 2.45) is 0 Å². The van der Waals surface area contributed by atoms with Crippen LogP contribution in [0.3, 0.4) is 0 Å². The van der Waals surface area contributed by atoms with Gasteiger partial charge in [-0.05, 0) is 50.1 Å². The first-order chi connectivity index (χ1) is 12.8. The lowest BCUT2D eigenvalue weighted by molar-refractivity contribution is -0.384. The van der Waals surface area contributed by atoms with Gasteiger partial charge in [-0.25, -0.2) is 4.98 Å². The van der Waals surface area contributed by atoms with Crippen LogP contribution in [0.2, 0.25) is 0 Å². The van der Waals surface area contributed by atoms with Crippen LogP contribution in [0.25, 0.3) is 10.9 Å². The van der Waals surface area contributed by atoms with Crippen molar-refractivity contribution < 1.29 is 9.72 Å². The molecule has 1 amide bonds. The Hall–Kier alpha value is -2.93. The number of aromatic nitrogens is 1. The van der Waals surface area contributed by atoms with Crippen molar-refractivity contribution in [3.63, 3.8) is 0 Å². The highest BCUT2D eigenvalue weighted by Gasteiger charge is 2.11. The third-order valence-corrected chi connectivity index (χ3v) is 5.03. The van der Waals surface area contributed by atoms with E-state index < -0.39 is 4.92 Å². The van der Waals surface area contributed by atoms with Crippen LogP contribution in [-0.2, 0) is 4.79 Å². The molecule has 0 aliphatic carbocycles. The molecule has 0 saturated heterocycles. The van der Waals surface area contributed by atoms with Crippen molar-refractivity contribution in [3.8, 4) is 0 Å². The molecule has 0 saturated carbocycles. The molecule has 0 unspecified atom stereocenters. The summed E-state index contributed by atoms with van der Waals surface area (Å²) >= 11 is 1.34. The Balaban J connectivity index is 1.72. The van der Waals surface area contributed by atoms with Gasteiger partial charge in [0.25, 0.3) is 5.69 Å². The van der Waals surface area contributed by atoms with E-state index in [9.17, 15) is 14.9 Å². The number of hydrogen-bond acceptors (Lipinski definition) is 5. The summed E-state index contributed by atoms with van der Waals surface area (Å²) in [6, 6.07) is 12.1. The Labute approximate surface area is 161 Å². The number of amides is 1. The highest BCUT2D eigenvalue weighted by atomic mass is 32.2. The van der Waals surface area contributed by atoms with Gasteiger partial charge in [0, 0.05) is 23.2 Å². The second-order valence-corrected chi connectivity index (χ2v) is 7.40. The molecule has 138 valence electrons. The van der Waals surface area contributed by atoms with E-state index in [4.69, 9.17) is 0 Å². The first kappa shape index (κ1) is 18.8. The van der Waals surface area contributed by atoms with Crippen molar-refractivity contribution in [2.45, 2.75) is 25.8 Å². The molecule has 6 nitrogen and oxygen atoms in total. The number of nitrogens with zero attached hydrogens (tertiary/aromatic N) is 2. The minimum Gasteiger partial charge on any atom is -0.325 e. The lowest BCUT2D eigenvalue weighted by Crippen LogP contribution is -2.14. The maximum atomic E-state index is 12.2. The highest BCUT2D eigenvalue weighted by Crippen LogP contribution is 2.27. The SMILES string of the molecule is Cc1cc(C)c2nc(SCC(=O)Nc3cccc([N+](=O)[O-])c3)cc(C)c2c1. The molecule has 0 fully saturated rings. The van der Waals surface area contributed by atoms with Crippen molar-refractivity contribution >= 4 is 39.9 Å². The van der Waals surface area contributed by atoms with Crippen LogP contribution < -0.4 is 5.32 Å². The largest absolute Gasteiger partial charge is 0.325 e. The normalized spacial score (nSPS) is 10.8. The fourth-order valence-electron chi connectivity index (χ4n) is 2.92. The Kier molecular flexibility index (Phi) is 5.41. The van der Waals surface area contributed by atoms with Gasteiger partial charge in [-0.15, -0.1) is 0 Å². The zero-order valence-electron chi connectivity index (χ0n) is 15.3. The summed E-state index contributed by atoms with van der Waals surface area (Å²) in [5.74, 6) is -0.0633. The number of nitro benzene ring substituents is 1. The number of carbonyl (C=O) groups is 1. The van der Waals surface area contributed by atoms with E-state index in [1.165, 1.54) is 29.5 Å². The number of fused-ring (bicyclic) bond motifs is 1. The topological polar surface area (TPSA) is 85.1 Å². The summed E-state index contributed by atoms with van der Waals surface area (Å²) in [5.41, 5.74) is 4.72. The molecule has 2 aromatic carbocycles. The zero-order valence-corrected chi connectivity index (χ0v) is 16.1. The molecule has 7 heteroatoms. The number of aryl methyl sites for hydroxylation is 3. The lowest BCUT2D eigenvalue weighted by Gasteiger charge is -2.10. The van der Waals surface area contributed by atoms with Crippen LogP contribution >= 0.6 is 11.8 Å². The summed E-state index contributed by atoms with van der Waals surface area (Å²) in [5, 5.41) is 15.4. The fraction of sp³-hybridized carbons (Fsp3) is 0.200. The molecule has 27 heavy (non-hydrogen) atoms. The minimum atomic E-state index is -0.490. The summed E-state index contributed by atoms with van der Waals surface area (Å²) in [7, 11) is 0. The molecule has 1 N–H and O–H groups in total. The van der Waals surface area contributed by atoms with E-state index in [-0.39, 0.29) is 17.3 Å². The number of pyridine rings is 1. The van der Waals surface area contributed by atoms with Gasteiger partial charge in [0.1, 0.15) is 0 Å². The van der Waals surface area contributed by atoms with Gasteiger partial charge >= 0.3 is 0 Å². The van der Waals surface area contributed by atoms with Crippen LogP contribution in [0.15, 0.2) is 47.5 Å². The number of carbonyl (C=O) groups excluding carboxylic acids is 1. The number of benzene rings is 2. The quantitative estimate of drug-likeness (QED) is 0.390. The molecule has 3 aromatic rings. The van der Waals surface area contributed by atoms with Crippen LogP contribution in [0.5, 0.6) is 0 Å². The van der Waals surface area contributed by atoms with Gasteiger partial charge in [0.2, 0.25) is 5.91 Å². The summed E-state index contributed by atoms with van der Waals surface area (Å²) in [6.07, 6.45) is 0. The second-order valence-electron chi connectivity index (χ2n) is 6.40. The van der Waals surface area contributed by atoms with Crippen LogP contribution in [-0.4, -0.2) is 21.6 Å². The average Bonchev–Trinajstić information content (AvgIpc) is 2.61. The van der Waals surface area contributed by atoms with Crippen LogP contribution in [0, 0.1) is 30.9 Å². The first-order valence-corrected chi connectivity index (χ1v) is 9.38. The monoisotopic (exact) mass is 381 g/mol. The Morgan fingerprint density at radius 3 is 2.67 bits per heavy atom. The molecular formula is C20H19N3O3S. The number of nitrogens with one attached hydrogen (secondary N) is 1. The van der Waals surface area contributed by atoms with Crippen LogP contribution in [0.4, 0.5) is 11.4 Å². The molecule has 0 aliphatic rings. The van der Waals surface area contributed by atoms with Crippen molar-refractivity contribution in [2.75, 3.05) is 11.1 Å². The number of hydrogen-bond donors (Lipinski definition) is 1. The smallest absolute Gasteiger partial charge is 0.271 e. The maximum Gasteiger partial charge on any atom is 0.271 e. The molecule has 1 aromatic heterocycles. The van der Waals surface area contributed by atoms with Gasteiger partial charge in [-0.1, -0.05) is 29.5 Å². The Bertz CT molecular complexity index is 1050. The van der Waals surface area contributed by atoms with Crippen molar-refractivity contribution in [3.05, 3.63) is 69.3 Å². The molecule has 0 aliphatic heterocycles. The average molecular weight is 381 g/mol.